The second-order valence-corrected chi connectivity index (χ2v) is 10.6. The molecule has 33 heavy (non-hydrogen) atoms. The smallest absolute Gasteiger partial charge is 0.255 e. The Kier molecular flexibility index (Phi) is 6.34. The van der Waals surface area contributed by atoms with Crippen molar-refractivity contribution in [3.05, 3.63) is 34.9 Å². The first-order valence-corrected chi connectivity index (χ1v) is 12.7. The van der Waals surface area contributed by atoms with Gasteiger partial charge in [-0.2, -0.15) is 0 Å². The maximum atomic E-state index is 13.0. The molecule has 0 bridgehead atoms. The van der Waals surface area contributed by atoms with E-state index in [0.717, 1.165) is 24.8 Å². The lowest BCUT2D eigenvalue weighted by Crippen LogP contribution is -2.55. The SMILES string of the molecule is [B]C1(N[C@H]2CCCC[C@@H]2Cc2ccc3c(c2)CN(C2CCC(=O)NC2=O)C3=O)CCCCC1. The minimum Gasteiger partial charge on any atom is -0.322 e. The number of piperidine rings is 1. The molecule has 4 aliphatic rings. The number of nitrogens with zero attached hydrogens (tertiary/aromatic N) is 1. The summed E-state index contributed by atoms with van der Waals surface area (Å²) in [6.45, 7) is 0.437. The molecule has 0 aromatic heterocycles. The summed E-state index contributed by atoms with van der Waals surface area (Å²) in [5.74, 6) is -0.180. The molecule has 1 unspecified atom stereocenters. The van der Waals surface area contributed by atoms with E-state index >= 15 is 0 Å². The van der Waals surface area contributed by atoms with Crippen molar-refractivity contribution in [2.75, 3.05) is 0 Å². The Labute approximate surface area is 197 Å². The van der Waals surface area contributed by atoms with Crippen molar-refractivity contribution in [1.29, 1.82) is 0 Å². The van der Waals surface area contributed by atoms with Gasteiger partial charge in [-0.15, -0.1) is 0 Å². The van der Waals surface area contributed by atoms with E-state index in [1.54, 1.807) is 4.90 Å². The van der Waals surface area contributed by atoms with Crippen molar-refractivity contribution in [2.24, 2.45) is 5.92 Å². The number of imide groups is 1. The second-order valence-electron chi connectivity index (χ2n) is 10.6. The molecule has 2 saturated carbocycles. The summed E-state index contributed by atoms with van der Waals surface area (Å²) >= 11 is 0. The number of hydrogen-bond acceptors (Lipinski definition) is 4. The fraction of sp³-hybridized carbons (Fsp3) is 0.654. The van der Waals surface area contributed by atoms with Gasteiger partial charge in [0.15, 0.2) is 0 Å². The Morgan fingerprint density at radius 2 is 1.82 bits per heavy atom. The maximum Gasteiger partial charge on any atom is 0.255 e. The summed E-state index contributed by atoms with van der Waals surface area (Å²) < 4.78 is 0. The number of rotatable bonds is 5. The van der Waals surface area contributed by atoms with Gasteiger partial charge in [-0.1, -0.05) is 44.2 Å². The van der Waals surface area contributed by atoms with Gasteiger partial charge < -0.3 is 10.2 Å². The molecule has 5 rings (SSSR count). The van der Waals surface area contributed by atoms with Crippen molar-refractivity contribution in [3.8, 4) is 0 Å². The van der Waals surface area contributed by atoms with Gasteiger partial charge in [0.25, 0.3) is 5.91 Å². The van der Waals surface area contributed by atoms with E-state index in [4.69, 9.17) is 7.85 Å². The van der Waals surface area contributed by atoms with Crippen LogP contribution in [0.5, 0.6) is 0 Å². The highest BCUT2D eigenvalue weighted by atomic mass is 16.2. The van der Waals surface area contributed by atoms with Gasteiger partial charge in [0.05, 0.1) is 7.85 Å². The van der Waals surface area contributed by atoms with Crippen molar-refractivity contribution in [2.45, 2.75) is 101 Å². The quantitative estimate of drug-likeness (QED) is 0.538. The van der Waals surface area contributed by atoms with Crippen LogP contribution >= 0.6 is 0 Å². The summed E-state index contributed by atoms with van der Waals surface area (Å²) in [7, 11) is 6.73. The van der Waals surface area contributed by atoms with E-state index in [1.807, 2.05) is 6.07 Å². The standard InChI is InChI=1S/C26H34BN3O3/c27-26(12-4-1-5-13-26)29-21-7-3-2-6-18(21)14-17-8-9-20-19(15-17)16-30(25(20)33)22-10-11-23(31)28-24(22)32/h8-9,15,18,21-22,29H,1-7,10-14,16H2,(H,28,31,32)/t18-,21+,22?/m1/s1. The monoisotopic (exact) mass is 447 g/mol. The number of nitrogens with one attached hydrogen (secondary N) is 2. The van der Waals surface area contributed by atoms with Gasteiger partial charge in [-0.05, 0) is 67.1 Å². The molecule has 7 heteroatoms. The molecule has 1 saturated heterocycles. The van der Waals surface area contributed by atoms with Gasteiger partial charge in [-0.3, -0.25) is 19.7 Å². The molecule has 0 spiro atoms. The highest BCUT2D eigenvalue weighted by Gasteiger charge is 2.39. The summed E-state index contributed by atoms with van der Waals surface area (Å²) in [4.78, 5) is 38.4. The average molecular weight is 447 g/mol. The lowest BCUT2D eigenvalue weighted by molar-refractivity contribution is -0.136. The largest absolute Gasteiger partial charge is 0.322 e. The first-order chi connectivity index (χ1) is 15.9. The van der Waals surface area contributed by atoms with E-state index in [2.05, 4.69) is 22.8 Å². The fourth-order valence-electron chi connectivity index (χ4n) is 6.40. The van der Waals surface area contributed by atoms with Gasteiger partial charge in [0.2, 0.25) is 11.8 Å². The number of hydrogen-bond donors (Lipinski definition) is 2. The lowest BCUT2D eigenvalue weighted by Gasteiger charge is -2.43. The highest BCUT2D eigenvalue weighted by molar-refractivity contribution is 6.15. The molecule has 6 nitrogen and oxygen atoms in total. The van der Waals surface area contributed by atoms with Crippen LogP contribution in [0.4, 0.5) is 0 Å². The summed E-state index contributed by atoms with van der Waals surface area (Å²) in [6, 6.07) is 6.04. The minimum absolute atomic E-state index is 0.106. The zero-order valence-electron chi connectivity index (χ0n) is 19.4. The number of carbonyl (C=O) groups excluding carboxylic acids is 3. The topological polar surface area (TPSA) is 78.5 Å². The molecular weight excluding hydrogens is 413 g/mol. The highest BCUT2D eigenvalue weighted by Crippen LogP contribution is 2.34. The van der Waals surface area contributed by atoms with Crippen LogP contribution in [-0.2, 0) is 22.6 Å². The number of carbonyl (C=O) groups is 3. The van der Waals surface area contributed by atoms with Crippen LogP contribution in [0.3, 0.4) is 0 Å². The zero-order chi connectivity index (χ0) is 23.0. The molecule has 3 atom stereocenters. The van der Waals surface area contributed by atoms with Gasteiger partial charge in [-0.25, -0.2) is 0 Å². The van der Waals surface area contributed by atoms with Crippen molar-refractivity contribution in [1.82, 2.24) is 15.5 Å². The first-order valence-electron chi connectivity index (χ1n) is 12.7. The molecule has 1 aromatic rings. The third-order valence-corrected chi connectivity index (χ3v) is 8.21. The number of benzene rings is 1. The molecule has 2 radical (unpaired) electrons. The summed E-state index contributed by atoms with van der Waals surface area (Å²) in [5.41, 5.74) is 2.71. The minimum atomic E-state index is -0.561. The van der Waals surface area contributed by atoms with Crippen molar-refractivity contribution in [3.63, 3.8) is 0 Å². The van der Waals surface area contributed by atoms with Gasteiger partial charge >= 0.3 is 0 Å². The third-order valence-electron chi connectivity index (χ3n) is 8.21. The normalized spacial score (nSPS) is 29.6. The molecule has 2 aliphatic heterocycles. The Balaban J connectivity index is 1.27. The molecule has 2 heterocycles. The molecule has 2 N–H and O–H groups in total. The molecular formula is C26H34BN3O3. The second kappa shape index (κ2) is 9.24. The summed E-state index contributed by atoms with van der Waals surface area (Å²) in [6.07, 6.45) is 12.4. The van der Waals surface area contributed by atoms with Crippen LogP contribution in [0.25, 0.3) is 0 Å². The molecule has 3 amide bonds. The lowest BCUT2D eigenvalue weighted by atomic mass is 9.66. The zero-order valence-corrected chi connectivity index (χ0v) is 19.4. The maximum absolute atomic E-state index is 13.0. The summed E-state index contributed by atoms with van der Waals surface area (Å²) in [5, 5.41) is 6.24. The van der Waals surface area contributed by atoms with E-state index in [-0.39, 0.29) is 29.6 Å². The van der Waals surface area contributed by atoms with Crippen molar-refractivity contribution >= 4 is 25.6 Å². The van der Waals surface area contributed by atoms with Crippen LogP contribution in [0, 0.1) is 5.92 Å². The van der Waals surface area contributed by atoms with Crippen LogP contribution in [-0.4, -0.2) is 48.0 Å². The van der Waals surface area contributed by atoms with E-state index in [0.29, 0.717) is 30.5 Å². The third kappa shape index (κ3) is 4.75. The van der Waals surface area contributed by atoms with Crippen LogP contribution in [0.15, 0.2) is 18.2 Å². The molecule has 2 aliphatic carbocycles. The Hall–Kier alpha value is -2.15. The molecule has 174 valence electrons. The van der Waals surface area contributed by atoms with Gasteiger partial charge in [0, 0.05) is 24.6 Å². The average Bonchev–Trinajstić information content (AvgIpc) is 3.11. The van der Waals surface area contributed by atoms with E-state index in [9.17, 15) is 14.4 Å². The Morgan fingerprint density at radius 3 is 2.61 bits per heavy atom. The number of fused-ring (bicyclic) bond motifs is 1. The van der Waals surface area contributed by atoms with E-state index < -0.39 is 6.04 Å². The van der Waals surface area contributed by atoms with E-state index in [1.165, 1.54) is 50.5 Å². The predicted molar refractivity (Wildman–Crippen MR) is 127 cm³/mol. The fourth-order valence-corrected chi connectivity index (χ4v) is 6.40. The van der Waals surface area contributed by atoms with Crippen LogP contribution in [0.2, 0.25) is 0 Å². The van der Waals surface area contributed by atoms with Crippen molar-refractivity contribution < 1.29 is 14.4 Å². The molecule has 3 fully saturated rings. The Bertz CT molecular complexity index is 943. The number of amides is 3. The first kappa shape index (κ1) is 22.6. The van der Waals surface area contributed by atoms with Gasteiger partial charge in [0.1, 0.15) is 6.04 Å². The predicted octanol–water partition coefficient (Wildman–Crippen LogP) is 2.97. The van der Waals surface area contributed by atoms with Crippen LogP contribution in [0.1, 0.15) is 92.1 Å². The Morgan fingerprint density at radius 1 is 1.03 bits per heavy atom. The molecule has 1 aromatic carbocycles. The van der Waals surface area contributed by atoms with Crippen LogP contribution < -0.4 is 10.6 Å².